The number of fused-ring (bicyclic) bond motifs is 4. The Hall–Kier alpha value is -1.81. The quantitative estimate of drug-likeness (QED) is 0.0969. The lowest BCUT2D eigenvalue weighted by Gasteiger charge is -2.62. The summed E-state index contributed by atoms with van der Waals surface area (Å²) in [5, 5.41) is 129. The molecule has 8 rings (SSSR count). The van der Waals surface area contributed by atoms with Crippen molar-refractivity contribution in [2.75, 3.05) is 26.4 Å². The fourth-order valence-electron chi connectivity index (χ4n) is 15.0. The first-order valence-electron chi connectivity index (χ1n) is 26.5. The number of aliphatic hydroxyl groups is 11. The molecular weight excluding hydrogens is 961 g/mol. The van der Waals surface area contributed by atoms with Gasteiger partial charge in [-0.3, -0.25) is 4.79 Å². The van der Waals surface area contributed by atoms with E-state index in [2.05, 4.69) is 54.5 Å². The highest BCUT2D eigenvalue weighted by Crippen LogP contribution is 2.73. The van der Waals surface area contributed by atoms with Crippen LogP contribution in [0.2, 0.25) is 0 Å². The van der Waals surface area contributed by atoms with Crippen LogP contribution in [-0.2, 0) is 42.7 Å². The van der Waals surface area contributed by atoms with E-state index in [9.17, 15) is 66.1 Å². The van der Waals surface area contributed by atoms with Crippen LogP contribution in [0.5, 0.6) is 0 Å². The summed E-state index contributed by atoms with van der Waals surface area (Å²) in [6.45, 7) is 12.8. The third-order valence-corrected chi connectivity index (χ3v) is 19.1. The molecule has 73 heavy (non-hydrogen) atoms. The number of carboxylic acid groups (broad SMARTS) is 1. The molecule has 4 aliphatic heterocycles. The molecule has 4 aliphatic carbocycles. The Labute approximate surface area is 427 Å². The van der Waals surface area contributed by atoms with Crippen molar-refractivity contribution in [3.63, 3.8) is 0 Å². The Morgan fingerprint density at radius 2 is 1.21 bits per heavy atom. The van der Waals surface area contributed by atoms with Gasteiger partial charge in [-0.25, -0.2) is 0 Å². The molecule has 0 aromatic heterocycles. The molecule has 25 atom stereocenters. The van der Waals surface area contributed by atoms with Gasteiger partial charge in [-0.2, -0.15) is 0 Å². The number of carbonyl (C=O) groups is 1. The van der Waals surface area contributed by atoms with E-state index in [1.54, 1.807) is 0 Å². The maximum absolute atomic E-state index is 13.9. The number of carboxylic acids is 1. The molecule has 0 aromatic carbocycles. The molecule has 0 aromatic rings. The zero-order chi connectivity index (χ0) is 53.3. The van der Waals surface area contributed by atoms with Gasteiger partial charge < -0.3 is 99.2 Å². The molecule has 4 heterocycles. The topological polar surface area (TPSA) is 334 Å². The number of hydrogen-bond acceptors (Lipinski definition) is 20. The van der Waals surface area contributed by atoms with Crippen LogP contribution in [0.15, 0.2) is 22.8 Å². The van der Waals surface area contributed by atoms with Crippen molar-refractivity contribution >= 4 is 5.97 Å². The van der Waals surface area contributed by atoms with E-state index < -0.39 is 165 Å². The highest BCUT2D eigenvalue weighted by Gasteiger charge is 2.69. The Morgan fingerprint density at radius 1 is 0.644 bits per heavy atom. The number of allylic oxidation sites excluding steroid dienone is 3. The van der Waals surface area contributed by atoms with Crippen molar-refractivity contribution in [1.82, 2.24) is 0 Å². The van der Waals surface area contributed by atoms with E-state index in [1.165, 1.54) is 11.1 Å². The van der Waals surface area contributed by atoms with Gasteiger partial charge in [-0.15, -0.1) is 0 Å². The highest BCUT2D eigenvalue weighted by atomic mass is 16.8. The summed E-state index contributed by atoms with van der Waals surface area (Å²) in [6.07, 6.45) is -20.8. The summed E-state index contributed by atoms with van der Waals surface area (Å²) in [7, 11) is 0. The second-order valence-electron chi connectivity index (χ2n) is 23.8. The highest BCUT2D eigenvalue weighted by molar-refractivity contribution is 5.82. The van der Waals surface area contributed by atoms with Gasteiger partial charge in [0.2, 0.25) is 0 Å². The second kappa shape index (κ2) is 22.1. The molecule has 0 radical (unpaired) electrons. The summed E-state index contributed by atoms with van der Waals surface area (Å²) >= 11 is 0. The predicted octanol–water partition coefficient (Wildman–Crippen LogP) is 0.119. The number of aliphatic hydroxyl groups excluding tert-OH is 11. The molecule has 0 spiro atoms. The van der Waals surface area contributed by atoms with Crippen molar-refractivity contribution in [2.24, 2.45) is 39.4 Å². The molecule has 2 saturated carbocycles. The minimum absolute atomic E-state index is 0.0248. The molecule has 21 nitrogen and oxygen atoms in total. The van der Waals surface area contributed by atoms with E-state index in [1.807, 2.05) is 0 Å². The summed E-state index contributed by atoms with van der Waals surface area (Å²) in [6, 6.07) is 0. The maximum atomic E-state index is 13.9. The van der Waals surface area contributed by atoms with Crippen molar-refractivity contribution < 1.29 is 104 Å². The van der Waals surface area contributed by atoms with Gasteiger partial charge in [0, 0.05) is 0 Å². The molecule has 4 saturated heterocycles. The fourth-order valence-corrected chi connectivity index (χ4v) is 15.0. The SMILES string of the molecule is CC(C)=CCCC(C)C1CCC2(C(=O)O)C3=C(CCC12C)C1(C)CCC(OC2OCC(O)C(OC4OCC(O)C(OC5OC(CO)C(O)C(O)C5O)C4O)C2OC2OC(CO)C(O)C(O)C2O)C(C)(C)C1CC3. The zero-order valence-electron chi connectivity index (χ0n) is 43.2. The minimum atomic E-state index is -1.90. The molecule has 8 aliphatic rings. The summed E-state index contributed by atoms with van der Waals surface area (Å²) in [4.78, 5) is 13.9. The first kappa shape index (κ1) is 57.4. The molecule has 21 heteroatoms. The average molecular weight is 1050 g/mol. The number of ether oxygens (including phenoxy) is 8. The summed E-state index contributed by atoms with van der Waals surface area (Å²) < 4.78 is 48.5. The van der Waals surface area contributed by atoms with Gasteiger partial charge in [0.1, 0.15) is 85.5 Å². The van der Waals surface area contributed by atoms with Crippen LogP contribution in [-0.4, -0.2) is 210 Å². The Balaban J connectivity index is 1.05. The van der Waals surface area contributed by atoms with Gasteiger partial charge in [0.15, 0.2) is 25.2 Å². The van der Waals surface area contributed by atoms with Crippen LogP contribution in [0.4, 0.5) is 0 Å². The summed E-state index contributed by atoms with van der Waals surface area (Å²) in [5.41, 5.74) is 1.35. The summed E-state index contributed by atoms with van der Waals surface area (Å²) in [5.74, 6) is -0.0531. The van der Waals surface area contributed by atoms with E-state index in [0.717, 1.165) is 37.7 Å². The van der Waals surface area contributed by atoms with Crippen LogP contribution in [0.3, 0.4) is 0 Å². The van der Waals surface area contributed by atoms with Crippen molar-refractivity contribution in [3.05, 3.63) is 22.8 Å². The third kappa shape index (κ3) is 10.1. The lowest BCUT2D eigenvalue weighted by molar-refractivity contribution is -0.390. The van der Waals surface area contributed by atoms with E-state index in [4.69, 9.17) is 37.9 Å². The monoisotopic (exact) mass is 1040 g/mol. The Morgan fingerprint density at radius 3 is 1.78 bits per heavy atom. The van der Waals surface area contributed by atoms with Crippen LogP contribution in [0.25, 0.3) is 0 Å². The maximum Gasteiger partial charge on any atom is 0.314 e. The minimum Gasteiger partial charge on any atom is -0.481 e. The first-order valence-corrected chi connectivity index (χ1v) is 26.5. The molecule has 25 unspecified atom stereocenters. The molecule has 0 bridgehead atoms. The van der Waals surface area contributed by atoms with Gasteiger partial charge in [-0.05, 0) is 112 Å². The van der Waals surface area contributed by atoms with Crippen LogP contribution in [0, 0.1) is 39.4 Å². The third-order valence-electron chi connectivity index (χ3n) is 19.1. The number of rotatable bonds is 15. The predicted molar refractivity (Wildman–Crippen MR) is 253 cm³/mol. The lowest BCUT2D eigenvalue weighted by atomic mass is 9.43. The largest absolute Gasteiger partial charge is 0.481 e. The van der Waals surface area contributed by atoms with Gasteiger partial charge in [0.25, 0.3) is 0 Å². The Kier molecular flexibility index (Phi) is 17.4. The standard InChI is InChI=1S/C52H84O21/c1-23(2)9-8-10-24(3)25-14-18-52(48(64)65)27-11-12-32-49(4,5)33(15-16-50(32,6)26(27)13-17-51(25,52)7)70-47-43(73-46-39(62)37(60)35(58)31(20-54)69-46)42(29(56)22-67-47)72-44-40(63)41(28(55)21-66-44)71-45-38(61)36(59)34(57)30(19-53)68-45/h9,24-25,28-47,53-63H,8,10-22H2,1-7H3,(H,64,65). The van der Waals surface area contributed by atoms with Crippen molar-refractivity contribution in [2.45, 2.75) is 229 Å². The number of aliphatic carboxylic acids is 1. The van der Waals surface area contributed by atoms with Crippen LogP contribution >= 0.6 is 0 Å². The number of hydrogen-bond donors (Lipinski definition) is 12. The van der Waals surface area contributed by atoms with Gasteiger partial charge in [0.05, 0.1) is 37.9 Å². The van der Waals surface area contributed by atoms with E-state index in [-0.39, 0.29) is 17.3 Å². The van der Waals surface area contributed by atoms with E-state index in [0.29, 0.717) is 38.0 Å². The van der Waals surface area contributed by atoms with Crippen molar-refractivity contribution in [3.8, 4) is 0 Å². The first-order chi connectivity index (χ1) is 34.4. The molecule has 0 amide bonds. The van der Waals surface area contributed by atoms with Gasteiger partial charge in [-0.1, -0.05) is 57.4 Å². The fraction of sp³-hybridized carbons (Fsp3) is 0.904. The lowest BCUT2D eigenvalue weighted by Crippen LogP contribution is -2.66. The molecule has 12 N–H and O–H groups in total. The average Bonchev–Trinajstić information content (AvgIpc) is 3.67. The van der Waals surface area contributed by atoms with Crippen LogP contribution in [0.1, 0.15) is 113 Å². The molecule has 6 fully saturated rings. The molecular formula is C52H84O21. The normalized spacial score (nSPS) is 49.3. The molecule has 418 valence electrons. The van der Waals surface area contributed by atoms with Gasteiger partial charge >= 0.3 is 5.97 Å². The zero-order valence-corrected chi connectivity index (χ0v) is 43.2. The van der Waals surface area contributed by atoms with Crippen LogP contribution < -0.4 is 0 Å². The smallest absolute Gasteiger partial charge is 0.314 e. The van der Waals surface area contributed by atoms with Crippen molar-refractivity contribution in [1.29, 1.82) is 0 Å². The second-order valence-corrected chi connectivity index (χ2v) is 23.8. The van der Waals surface area contributed by atoms with E-state index >= 15 is 0 Å². The Bertz CT molecular complexity index is 1980.